The fraction of sp³-hybridized carbons (Fsp3) is 0.588. The second-order valence-corrected chi connectivity index (χ2v) is 6.27. The number of rotatable bonds is 3. The zero-order valence-corrected chi connectivity index (χ0v) is 12.9. The Morgan fingerprint density at radius 2 is 1.86 bits per heavy atom. The van der Waals surface area contributed by atoms with Crippen LogP contribution >= 0.6 is 0 Å². The first kappa shape index (κ1) is 14.5. The molecule has 0 radical (unpaired) electrons. The summed E-state index contributed by atoms with van der Waals surface area (Å²) < 4.78 is 10.9. The summed E-state index contributed by atoms with van der Waals surface area (Å²) in [4.78, 5) is 12.9. The number of hydrogen-bond acceptors (Lipinski definition) is 4. The monoisotopic (exact) mass is 289 g/mol. The summed E-state index contributed by atoms with van der Waals surface area (Å²) in [5.41, 5.74) is 2.87. The quantitative estimate of drug-likeness (QED) is 0.867. The van der Waals surface area contributed by atoms with Gasteiger partial charge in [-0.1, -0.05) is 0 Å². The van der Waals surface area contributed by atoms with Crippen LogP contribution in [0.1, 0.15) is 34.3 Å². The Morgan fingerprint density at radius 1 is 1.19 bits per heavy atom. The Bertz CT molecular complexity index is 543. The standard InChI is InChI=1S/C17H23NO3/c1-10-5-16(20-3)11(2)4-15(10)17(19)12-6-13-8-21-9-14(7-12)18-13/h4-5,12-14,18H,6-9H2,1-3H3. The maximum absolute atomic E-state index is 12.9. The SMILES string of the molecule is COc1cc(C)c(C(=O)C2CC3COCC(C2)N3)cc1C. The molecule has 21 heavy (non-hydrogen) atoms. The van der Waals surface area contributed by atoms with Gasteiger partial charge in [-0.15, -0.1) is 0 Å². The van der Waals surface area contributed by atoms with Crippen LogP contribution in [0.3, 0.4) is 0 Å². The fourth-order valence-corrected chi connectivity index (χ4v) is 3.55. The zero-order chi connectivity index (χ0) is 15.0. The minimum atomic E-state index is 0.108. The lowest BCUT2D eigenvalue weighted by atomic mass is 9.81. The summed E-state index contributed by atoms with van der Waals surface area (Å²) in [5, 5.41) is 3.54. The second kappa shape index (κ2) is 5.78. The predicted molar refractivity (Wildman–Crippen MR) is 81.1 cm³/mol. The number of hydrogen-bond donors (Lipinski definition) is 1. The zero-order valence-electron chi connectivity index (χ0n) is 12.9. The lowest BCUT2D eigenvalue weighted by Crippen LogP contribution is -2.55. The molecule has 2 aliphatic rings. The third-order valence-corrected chi connectivity index (χ3v) is 4.63. The van der Waals surface area contributed by atoms with E-state index in [1.54, 1.807) is 7.11 Å². The molecule has 0 saturated carbocycles. The maximum atomic E-state index is 12.9. The molecule has 2 fully saturated rings. The molecular weight excluding hydrogens is 266 g/mol. The highest BCUT2D eigenvalue weighted by Crippen LogP contribution is 2.30. The largest absolute Gasteiger partial charge is 0.496 e. The summed E-state index contributed by atoms with van der Waals surface area (Å²) >= 11 is 0. The van der Waals surface area contributed by atoms with Crippen molar-refractivity contribution in [1.29, 1.82) is 0 Å². The van der Waals surface area contributed by atoms with Gasteiger partial charge in [0.1, 0.15) is 5.75 Å². The molecule has 2 heterocycles. The van der Waals surface area contributed by atoms with E-state index in [-0.39, 0.29) is 11.7 Å². The highest BCUT2D eigenvalue weighted by atomic mass is 16.5. The average Bonchev–Trinajstić information content (AvgIpc) is 2.48. The van der Waals surface area contributed by atoms with Gasteiger partial charge in [-0.25, -0.2) is 0 Å². The lowest BCUT2D eigenvalue weighted by Gasteiger charge is -2.39. The van der Waals surface area contributed by atoms with Gasteiger partial charge >= 0.3 is 0 Å². The van der Waals surface area contributed by atoms with Gasteiger partial charge in [0, 0.05) is 23.6 Å². The highest BCUT2D eigenvalue weighted by Gasteiger charge is 2.35. The average molecular weight is 289 g/mol. The Hall–Kier alpha value is -1.39. The van der Waals surface area contributed by atoms with Crippen molar-refractivity contribution < 1.29 is 14.3 Å². The highest BCUT2D eigenvalue weighted by molar-refractivity contribution is 5.99. The summed E-state index contributed by atoms with van der Waals surface area (Å²) in [6, 6.07) is 4.59. The number of fused-ring (bicyclic) bond motifs is 2. The van der Waals surface area contributed by atoms with Gasteiger partial charge in [0.15, 0.2) is 5.78 Å². The van der Waals surface area contributed by atoms with E-state index < -0.39 is 0 Å². The smallest absolute Gasteiger partial charge is 0.166 e. The number of nitrogens with one attached hydrogen (secondary N) is 1. The maximum Gasteiger partial charge on any atom is 0.166 e. The molecular formula is C17H23NO3. The first-order chi connectivity index (χ1) is 10.1. The minimum Gasteiger partial charge on any atom is -0.496 e. The van der Waals surface area contributed by atoms with Crippen molar-refractivity contribution in [2.75, 3.05) is 20.3 Å². The van der Waals surface area contributed by atoms with Crippen LogP contribution in [-0.4, -0.2) is 38.2 Å². The van der Waals surface area contributed by atoms with Crippen molar-refractivity contribution in [1.82, 2.24) is 5.32 Å². The number of morpholine rings is 1. The number of ketones is 1. The van der Waals surface area contributed by atoms with Crippen LogP contribution in [0.25, 0.3) is 0 Å². The lowest BCUT2D eigenvalue weighted by molar-refractivity contribution is 0.00951. The van der Waals surface area contributed by atoms with Crippen LogP contribution in [0.5, 0.6) is 5.75 Å². The van der Waals surface area contributed by atoms with E-state index in [4.69, 9.17) is 9.47 Å². The number of aryl methyl sites for hydroxylation is 2. The molecule has 0 amide bonds. The van der Waals surface area contributed by atoms with E-state index in [0.29, 0.717) is 12.1 Å². The Balaban J connectivity index is 1.83. The molecule has 2 aliphatic heterocycles. The van der Waals surface area contributed by atoms with Crippen molar-refractivity contribution in [3.05, 3.63) is 28.8 Å². The summed E-state index contributed by atoms with van der Waals surface area (Å²) in [6.45, 7) is 5.42. The molecule has 2 saturated heterocycles. The normalized spacial score (nSPS) is 28.2. The van der Waals surface area contributed by atoms with Crippen molar-refractivity contribution in [3.63, 3.8) is 0 Å². The van der Waals surface area contributed by atoms with Crippen LogP contribution in [0.15, 0.2) is 12.1 Å². The number of carbonyl (C=O) groups is 1. The third-order valence-electron chi connectivity index (χ3n) is 4.63. The molecule has 2 bridgehead atoms. The number of carbonyl (C=O) groups excluding carboxylic acids is 1. The number of piperidine rings is 1. The first-order valence-corrected chi connectivity index (χ1v) is 7.61. The Kier molecular flexibility index (Phi) is 4.00. The van der Waals surface area contributed by atoms with Crippen molar-refractivity contribution in [2.45, 2.75) is 38.8 Å². The fourth-order valence-electron chi connectivity index (χ4n) is 3.55. The Labute approximate surface area is 125 Å². The molecule has 1 N–H and O–H groups in total. The Morgan fingerprint density at radius 3 is 2.48 bits per heavy atom. The van der Waals surface area contributed by atoms with Crippen LogP contribution in [0.4, 0.5) is 0 Å². The van der Waals surface area contributed by atoms with Gasteiger partial charge in [0.05, 0.1) is 20.3 Å². The molecule has 0 spiro atoms. The molecule has 2 unspecified atom stereocenters. The van der Waals surface area contributed by atoms with Crippen molar-refractivity contribution >= 4 is 5.78 Å². The predicted octanol–water partition coefficient (Wildman–Crippen LogP) is 2.26. The van der Waals surface area contributed by atoms with E-state index in [2.05, 4.69) is 5.32 Å². The topological polar surface area (TPSA) is 47.6 Å². The van der Waals surface area contributed by atoms with Gasteiger partial charge in [-0.2, -0.15) is 0 Å². The third kappa shape index (κ3) is 2.83. The van der Waals surface area contributed by atoms with Crippen LogP contribution < -0.4 is 10.1 Å². The van der Waals surface area contributed by atoms with E-state index in [1.807, 2.05) is 26.0 Å². The van der Waals surface area contributed by atoms with Gasteiger partial charge in [0.2, 0.25) is 0 Å². The first-order valence-electron chi connectivity index (χ1n) is 7.61. The molecule has 0 aliphatic carbocycles. The van der Waals surface area contributed by atoms with E-state index in [1.165, 1.54) is 0 Å². The second-order valence-electron chi connectivity index (χ2n) is 6.27. The van der Waals surface area contributed by atoms with Gasteiger partial charge in [-0.05, 0) is 49.9 Å². The van der Waals surface area contributed by atoms with Gasteiger partial charge in [-0.3, -0.25) is 4.79 Å². The molecule has 1 aromatic carbocycles. The van der Waals surface area contributed by atoms with E-state index in [0.717, 1.165) is 48.5 Å². The van der Waals surface area contributed by atoms with E-state index >= 15 is 0 Å². The number of methoxy groups -OCH3 is 1. The molecule has 114 valence electrons. The summed E-state index contributed by atoms with van der Waals surface area (Å²) in [5.74, 6) is 1.23. The van der Waals surface area contributed by atoms with Crippen LogP contribution in [0, 0.1) is 19.8 Å². The molecule has 4 heteroatoms. The number of ether oxygens (including phenoxy) is 2. The molecule has 1 aromatic rings. The molecule has 4 nitrogen and oxygen atoms in total. The summed E-state index contributed by atoms with van der Waals surface area (Å²) in [7, 11) is 1.66. The van der Waals surface area contributed by atoms with Crippen LogP contribution in [-0.2, 0) is 4.74 Å². The molecule has 2 atom stereocenters. The summed E-state index contributed by atoms with van der Waals surface area (Å²) in [6.07, 6.45) is 1.75. The molecule has 3 rings (SSSR count). The number of benzene rings is 1. The van der Waals surface area contributed by atoms with Crippen molar-refractivity contribution in [2.24, 2.45) is 5.92 Å². The molecule has 0 aromatic heterocycles. The van der Waals surface area contributed by atoms with Gasteiger partial charge < -0.3 is 14.8 Å². The number of Topliss-reactive ketones (excluding diaryl/α,β-unsaturated/α-hetero) is 1. The van der Waals surface area contributed by atoms with E-state index in [9.17, 15) is 4.79 Å². The minimum absolute atomic E-state index is 0.108. The van der Waals surface area contributed by atoms with Crippen molar-refractivity contribution in [3.8, 4) is 5.75 Å². The van der Waals surface area contributed by atoms with Gasteiger partial charge in [0.25, 0.3) is 0 Å². The van der Waals surface area contributed by atoms with Crippen LogP contribution in [0.2, 0.25) is 0 Å².